The summed E-state index contributed by atoms with van der Waals surface area (Å²) in [7, 11) is 0. The number of nitrogens with two attached hydrogens (primary N) is 1. The fourth-order valence-corrected chi connectivity index (χ4v) is 2.00. The van der Waals surface area contributed by atoms with E-state index in [1.807, 2.05) is 18.5 Å². The SMILES string of the molecule is c1cncc(C[NH2+]CC[NH+]2CCOCC2)c1. The summed E-state index contributed by atoms with van der Waals surface area (Å²) in [5.41, 5.74) is 1.31. The molecule has 0 aliphatic carbocycles. The number of nitrogens with zero attached hydrogens (tertiary/aromatic N) is 1. The number of nitrogens with one attached hydrogen (secondary N) is 1. The highest BCUT2D eigenvalue weighted by Crippen LogP contribution is 1.90. The number of morpholine rings is 1. The standard InChI is InChI=1S/C12H19N3O/c1-2-12(10-13-3-1)11-14-4-5-15-6-8-16-9-7-15/h1-3,10,14H,4-9,11H2/p+2. The van der Waals surface area contributed by atoms with Crippen LogP contribution in [0, 0.1) is 0 Å². The molecular weight excluding hydrogens is 202 g/mol. The van der Waals surface area contributed by atoms with E-state index in [0.29, 0.717) is 0 Å². The van der Waals surface area contributed by atoms with Crippen LogP contribution in [0.1, 0.15) is 5.56 Å². The molecule has 1 saturated heterocycles. The molecule has 2 heterocycles. The minimum Gasteiger partial charge on any atom is -0.370 e. The van der Waals surface area contributed by atoms with Crippen molar-refractivity contribution in [2.45, 2.75) is 6.54 Å². The Morgan fingerprint density at radius 3 is 3.00 bits per heavy atom. The van der Waals surface area contributed by atoms with E-state index in [9.17, 15) is 0 Å². The molecule has 0 saturated carbocycles. The molecule has 0 bridgehead atoms. The van der Waals surface area contributed by atoms with E-state index >= 15 is 0 Å². The Morgan fingerprint density at radius 1 is 1.38 bits per heavy atom. The zero-order valence-corrected chi connectivity index (χ0v) is 9.69. The third kappa shape index (κ3) is 3.89. The van der Waals surface area contributed by atoms with Crippen LogP contribution in [0.2, 0.25) is 0 Å². The molecule has 1 aliphatic rings. The molecular formula is C12H21N3O+2. The zero-order valence-electron chi connectivity index (χ0n) is 9.69. The van der Waals surface area contributed by atoms with Crippen molar-refractivity contribution in [3.63, 3.8) is 0 Å². The van der Waals surface area contributed by atoms with E-state index in [2.05, 4.69) is 16.4 Å². The lowest BCUT2D eigenvalue weighted by Crippen LogP contribution is -3.16. The number of pyridine rings is 1. The van der Waals surface area contributed by atoms with Gasteiger partial charge in [0.2, 0.25) is 0 Å². The van der Waals surface area contributed by atoms with Gasteiger partial charge < -0.3 is 15.0 Å². The molecule has 1 aliphatic heterocycles. The van der Waals surface area contributed by atoms with Crippen molar-refractivity contribution in [1.82, 2.24) is 4.98 Å². The van der Waals surface area contributed by atoms with Gasteiger partial charge in [-0.1, -0.05) is 6.07 Å². The predicted octanol–water partition coefficient (Wildman–Crippen LogP) is -1.94. The number of hydrogen-bond donors (Lipinski definition) is 2. The summed E-state index contributed by atoms with van der Waals surface area (Å²) in [5, 5.41) is 2.36. The van der Waals surface area contributed by atoms with Crippen LogP contribution < -0.4 is 10.2 Å². The topological polar surface area (TPSA) is 43.2 Å². The monoisotopic (exact) mass is 223 g/mol. The lowest BCUT2D eigenvalue weighted by molar-refractivity contribution is -0.920. The van der Waals surface area contributed by atoms with Crippen LogP contribution >= 0.6 is 0 Å². The van der Waals surface area contributed by atoms with Crippen molar-refractivity contribution < 1.29 is 15.0 Å². The Bertz CT molecular complexity index is 286. The van der Waals surface area contributed by atoms with Crippen LogP contribution in [0.25, 0.3) is 0 Å². The quantitative estimate of drug-likeness (QED) is 0.570. The van der Waals surface area contributed by atoms with Gasteiger partial charge in [-0.05, 0) is 6.07 Å². The second-order valence-electron chi connectivity index (χ2n) is 4.26. The number of quaternary nitrogens is 2. The van der Waals surface area contributed by atoms with Crippen molar-refractivity contribution in [3.8, 4) is 0 Å². The van der Waals surface area contributed by atoms with Gasteiger partial charge in [0.1, 0.15) is 32.7 Å². The number of hydrogen-bond acceptors (Lipinski definition) is 2. The Hall–Kier alpha value is -0.970. The Labute approximate surface area is 96.6 Å². The Balaban J connectivity index is 1.58. The summed E-state index contributed by atoms with van der Waals surface area (Å²) >= 11 is 0. The maximum absolute atomic E-state index is 5.34. The molecule has 0 unspecified atom stereocenters. The molecule has 2 rings (SSSR count). The number of rotatable bonds is 5. The number of aromatic nitrogens is 1. The lowest BCUT2D eigenvalue weighted by Gasteiger charge is -2.22. The first-order valence-electron chi connectivity index (χ1n) is 6.07. The fourth-order valence-electron chi connectivity index (χ4n) is 2.00. The Kier molecular flexibility index (Phi) is 4.73. The molecule has 0 spiro atoms. The van der Waals surface area contributed by atoms with Crippen LogP contribution in [-0.4, -0.2) is 44.4 Å². The average Bonchev–Trinajstić information content (AvgIpc) is 2.37. The van der Waals surface area contributed by atoms with Gasteiger partial charge in [-0.3, -0.25) is 4.98 Å². The zero-order chi connectivity index (χ0) is 11.1. The fraction of sp³-hybridized carbons (Fsp3) is 0.583. The maximum atomic E-state index is 5.34. The van der Waals surface area contributed by atoms with Gasteiger partial charge in [-0.25, -0.2) is 0 Å². The van der Waals surface area contributed by atoms with Crippen LogP contribution in [-0.2, 0) is 11.3 Å². The molecule has 1 aromatic heterocycles. The minimum absolute atomic E-state index is 0.929. The molecule has 0 aromatic carbocycles. The molecule has 0 amide bonds. The van der Waals surface area contributed by atoms with Gasteiger partial charge in [0.15, 0.2) is 0 Å². The van der Waals surface area contributed by atoms with Gasteiger partial charge in [-0.2, -0.15) is 0 Å². The molecule has 1 aromatic rings. The first kappa shape index (κ1) is 11.5. The number of ether oxygens (including phenoxy) is 1. The summed E-state index contributed by atoms with van der Waals surface area (Å²) in [6.07, 6.45) is 3.76. The summed E-state index contributed by atoms with van der Waals surface area (Å²) in [5.74, 6) is 0. The van der Waals surface area contributed by atoms with Gasteiger partial charge in [-0.15, -0.1) is 0 Å². The van der Waals surface area contributed by atoms with Crippen molar-refractivity contribution in [3.05, 3.63) is 30.1 Å². The average molecular weight is 223 g/mol. The third-order valence-corrected chi connectivity index (χ3v) is 3.00. The molecule has 1 fully saturated rings. The van der Waals surface area contributed by atoms with Crippen molar-refractivity contribution in [1.29, 1.82) is 0 Å². The van der Waals surface area contributed by atoms with E-state index in [1.165, 1.54) is 31.7 Å². The highest BCUT2D eigenvalue weighted by atomic mass is 16.5. The second-order valence-corrected chi connectivity index (χ2v) is 4.26. The summed E-state index contributed by atoms with van der Waals surface area (Å²) in [6.45, 7) is 7.66. The van der Waals surface area contributed by atoms with Gasteiger partial charge in [0.05, 0.1) is 13.2 Å². The van der Waals surface area contributed by atoms with Crippen molar-refractivity contribution >= 4 is 0 Å². The maximum Gasteiger partial charge on any atom is 0.127 e. The smallest absolute Gasteiger partial charge is 0.127 e. The predicted molar refractivity (Wildman–Crippen MR) is 61.1 cm³/mol. The second kappa shape index (κ2) is 6.58. The van der Waals surface area contributed by atoms with Crippen LogP contribution in [0.3, 0.4) is 0 Å². The highest BCUT2D eigenvalue weighted by Gasteiger charge is 2.13. The molecule has 0 radical (unpaired) electrons. The molecule has 4 nitrogen and oxygen atoms in total. The van der Waals surface area contributed by atoms with E-state index < -0.39 is 0 Å². The Morgan fingerprint density at radius 2 is 2.25 bits per heavy atom. The molecule has 4 heteroatoms. The van der Waals surface area contributed by atoms with Gasteiger partial charge in [0, 0.05) is 18.0 Å². The molecule has 88 valence electrons. The largest absolute Gasteiger partial charge is 0.370 e. The van der Waals surface area contributed by atoms with Crippen molar-refractivity contribution in [2.24, 2.45) is 0 Å². The van der Waals surface area contributed by atoms with E-state index in [1.54, 1.807) is 4.90 Å². The highest BCUT2D eigenvalue weighted by molar-refractivity contribution is 5.06. The molecule has 16 heavy (non-hydrogen) atoms. The van der Waals surface area contributed by atoms with Crippen molar-refractivity contribution in [2.75, 3.05) is 39.4 Å². The third-order valence-electron chi connectivity index (χ3n) is 3.00. The summed E-state index contributed by atoms with van der Waals surface area (Å²) < 4.78 is 5.34. The first-order chi connectivity index (χ1) is 7.95. The minimum atomic E-state index is 0.929. The summed E-state index contributed by atoms with van der Waals surface area (Å²) in [6, 6.07) is 4.13. The summed E-state index contributed by atoms with van der Waals surface area (Å²) in [4.78, 5) is 5.79. The van der Waals surface area contributed by atoms with Gasteiger partial charge in [0.25, 0.3) is 0 Å². The van der Waals surface area contributed by atoms with E-state index in [-0.39, 0.29) is 0 Å². The molecule has 3 N–H and O–H groups in total. The van der Waals surface area contributed by atoms with Crippen LogP contribution in [0.15, 0.2) is 24.5 Å². The van der Waals surface area contributed by atoms with Crippen LogP contribution in [0.5, 0.6) is 0 Å². The molecule has 0 atom stereocenters. The van der Waals surface area contributed by atoms with E-state index in [4.69, 9.17) is 4.74 Å². The van der Waals surface area contributed by atoms with Crippen LogP contribution in [0.4, 0.5) is 0 Å². The van der Waals surface area contributed by atoms with Gasteiger partial charge >= 0.3 is 0 Å². The normalized spacial score (nSPS) is 17.5. The van der Waals surface area contributed by atoms with E-state index in [0.717, 1.165) is 19.8 Å². The first-order valence-corrected chi connectivity index (χ1v) is 6.07. The lowest BCUT2D eigenvalue weighted by atomic mass is 10.3.